The molecule has 3 aromatic carbocycles. The second kappa shape index (κ2) is 7.32. The Balaban J connectivity index is 1.73. The third-order valence-electron chi connectivity index (χ3n) is 4.53. The molecule has 2 N–H and O–H groups in total. The highest BCUT2D eigenvalue weighted by atomic mass is 32.1. The fourth-order valence-corrected chi connectivity index (χ4v) is 4.05. The molecule has 1 heterocycles. The van der Waals surface area contributed by atoms with Crippen LogP contribution in [0.5, 0.6) is 11.5 Å². The quantitative estimate of drug-likeness (QED) is 0.534. The lowest BCUT2D eigenvalue weighted by Gasteiger charge is -2.10. The standard InChI is InChI=1S/C22H18N2O3S/c1-26-15-7-9-17(21(23)25)18(11-15)13-3-5-14(6-4-13)22-24-19-10-8-16(27-2)12-20(19)28-22/h3-12H,1-2H3,(H2,23,25). The van der Waals surface area contributed by atoms with E-state index in [4.69, 9.17) is 20.2 Å². The number of ether oxygens (including phenoxy) is 2. The number of benzene rings is 3. The van der Waals surface area contributed by atoms with E-state index in [0.717, 1.165) is 37.7 Å². The van der Waals surface area contributed by atoms with Crippen LogP contribution < -0.4 is 15.2 Å². The van der Waals surface area contributed by atoms with Crippen molar-refractivity contribution in [2.24, 2.45) is 5.73 Å². The van der Waals surface area contributed by atoms with E-state index in [1.807, 2.05) is 48.5 Å². The first-order valence-electron chi connectivity index (χ1n) is 8.62. The summed E-state index contributed by atoms with van der Waals surface area (Å²) in [6.45, 7) is 0. The maximum Gasteiger partial charge on any atom is 0.249 e. The Kier molecular flexibility index (Phi) is 4.71. The maximum atomic E-state index is 11.8. The molecular formula is C22H18N2O3S. The van der Waals surface area contributed by atoms with Crippen molar-refractivity contribution in [2.75, 3.05) is 14.2 Å². The summed E-state index contributed by atoms with van der Waals surface area (Å²) in [5, 5.41) is 0.926. The average molecular weight is 390 g/mol. The fourth-order valence-electron chi connectivity index (χ4n) is 3.05. The molecule has 6 heteroatoms. The number of hydrogen-bond donors (Lipinski definition) is 1. The highest BCUT2D eigenvalue weighted by Crippen LogP contribution is 2.34. The van der Waals surface area contributed by atoms with Gasteiger partial charge in [-0.05, 0) is 47.5 Å². The largest absolute Gasteiger partial charge is 0.497 e. The molecule has 0 aliphatic heterocycles. The Morgan fingerprint density at radius 2 is 1.54 bits per heavy atom. The van der Waals surface area contributed by atoms with E-state index >= 15 is 0 Å². The number of rotatable bonds is 5. The van der Waals surface area contributed by atoms with Gasteiger partial charge in [-0.25, -0.2) is 4.98 Å². The number of hydrogen-bond acceptors (Lipinski definition) is 5. The summed E-state index contributed by atoms with van der Waals surface area (Å²) in [5.74, 6) is 1.01. The Morgan fingerprint density at radius 3 is 2.21 bits per heavy atom. The summed E-state index contributed by atoms with van der Waals surface area (Å²) in [5.41, 5.74) is 9.57. The number of nitrogens with two attached hydrogens (primary N) is 1. The van der Waals surface area contributed by atoms with Crippen molar-refractivity contribution in [1.29, 1.82) is 0 Å². The minimum Gasteiger partial charge on any atom is -0.497 e. The average Bonchev–Trinajstić information content (AvgIpc) is 3.16. The normalized spacial score (nSPS) is 10.8. The second-order valence-corrected chi connectivity index (χ2v) is 7.24. The lowest BCUT2D eigenvalue weighted by atomic mass is 9.98. The van der Waals surface area contributed by atoms with E-state index in [2.05, 4.69) is 0 Å². The third-order valence-corrected chi connectivity index (χ3v) is 5.60. The van der Waals surface area contributed by atoms with Crippen LogP contribution in [0, 0.1) is 0 Å². The minimum absolute atomic E-state index is 0.459. The number of thiazole rings is 1. The van der Waals surface area contributed by atoms with Gasteiger partial charge in [0.05, 0.1) is 24.4 Å². The van der Waals surface area contributed by atoms with Gasteiger partial charge in [-0.2, -0.15) is 0 Å². The first-order valence-corrected chi connectivity index (χ1v) is 9.44. The van der Waals surface area contributed by atoms with E-state index in [1.165, 1.54) is 0 Å². The zero-order valence-corrected chi connectivity index (χ0v) is 16.2. The smallest absolute Gasteiger partial charge is 0.249 e. The molecule has 140 valence electrons. The third kappa shape index (κ3) is 3.30. The molecule has 28 heavy (non-hydrogen) atoms. The number of methoxy groups -OCH3 is 2. The molecule has 0 aliphatic rings. The highest BCUT2D eigenvalue weighted by molar-refractivity contribution is 7.21. The molecule has 0 atom stereocenters. The molecule has 0 fully saturated rings. The predicted octanol–water partition coefficient (Wildman–Crippen LogP) is 4.75. The predicted molar refractivity (Wildman–Crippen MR) is 112 cm³/mol. The van der Waals surface area contributed by atoms with Crippen molar-refractivity contribution in [1.82, 2.24) is 4.98 Å². The van der Waals surface area contributed by atoms with Crippen molar-refractivity contribution in [3.8, 4) is 33.2 Å². The van der Waals surface area contributed by atoms with Gasteiger partial charge in [0.1, 0.15) is 16.5 Å². The van der Waals surface area contributed by atoms with E-state index in [0.29, 0.717) is 11.3 Å². The van der Waals surface area contributed by atoms with Crippen molar-refractivity contribution < 1.29 is 14.3 Å². The van der Waals surface area contributed by atoms with Gasteiger partial charge in [-0.1, -0.05) is 24.3 Å². The van der Waals surface area contributed by atoms with Crippen LogP contribution in [0.25, 0.3) is 31.9 Å². The van der Waals surface area contributed by atoms with Gasteiger partial charge in [-0.15, -0.1) is 11.3 Å². The zero-order chi connectivity index (χ0) is 19.7. The van der Waals surface area contributed by atoms with Crippen LogP contribution in [-0.4, -0.2) is 25.1 Å². The van der Waals surface area contributed by atoms with Crippen LogP contribution in [-0.2, 0) is 0 Å². The number of carbonyl (C=O) groups excluding carboxylic acids is 1. The molecule has 0 saturated carbocycles. The first kappa shape index (κ1) is 18.0. The Hall–Kier alpha value is -3.38. The molecular weight excluding hydrogens is 372 g/mol. The summed E-state index contributed by atoms with van der Waals surface area (Å²) in [7, 11) is 3.25. The van der Waals surface area contributed by atoms with Gasteiger partial charge in [0.25, 0.3) is 0 Å². The lowest BCUT2D eigenvalue weighted by molar-refractivity contribution is 0.100. The molecule has 0 bridgehead atoms. The van der Waals surface area contributed by atoms with Crippen molar-refractivity contribution in [2.45, 2.75) is 0 Å². The molecule has 5 nitrogen and oxygen atoms in total. The van der Waals surface area contributed by atoms with Crippen molar-refractivity contribution >= 4 is 27.5 Å². The van der Waals surface area contributed by atoms with Gasteiger partial charge < -0.3 is 15.2 Å². The summed E-state index contributed by atoms with van der Waals surface area (Å²) < 4.78 is 11.6. The number of nitrogens with zero attached hydrogens (tertiary/aromatic N) is 1. The van der Waals surface area contributed by atoms with Crippen LogP contribution >= 0.6 is 11.3 Å². The van der Waals surface area contributed by atoms with Crippen LogP contribution in [0.1, 0.15) is 10.4 Å². The Labute approximate surface area is 166 Å². The lowest BCUT2D eigenvalue weighted by Crippen LogP contribution is -2.12. The van der Waals surface area contributed by atoms with Gasteiger partial charge in [-0.3, -0.25) is 4.79 Å². The van der Waals surface area contributed by atoms with Gasteiger partial charge in [0.2, 0.25) is 5.91 Å². The zero-order valence-electron chi connectivity index (χ0n) is 15.4. The highest BCUT2D eigenvalue weighted by Gasteiger charge is 2.13. The minimum atomic E-state index is -0.471. The maximum absolute atomic E-state index is 11.8. The molecule has 4 aromatic rings. The first-order chi connectivity index (χ1) is 13.6. The van der Waals surface area contributed by atoms with E-state index in [9.17, 15) is 4.79 Å². The number of aromatic nitrogens is 1. The van der Waals surface area contributed by atoms with Crippen LogP contribution in [0.15, 0.2) is 60.7 Å². The fraction of sp³-hybridized carbons (Fsp3) is 0.0909. The van der Waals surface area contributed by atoms with Crippen LogP contribution in [0.2, 0.25) is 0 Å². The van der Waals surface area contributed by atoms with E-state index < -0.39 is 5.91 Å². The Bertz CT molecular complexity index is 1170. The van der Waals surface area contributed by atoms with Gasteiger partial charge >= 0.3 is 0 Å². The molecule has 0 unspecified atom stereocenters. The van der Waals surface area contributed by atoms with Crippen molar-refractivity contribution in [3.05, 3.63) is 66.2 Å². The summed E-state index contributed by atoms with van der Waals surface area (Å²) >= 11 is 1.61. The molecule has 0 spiro atoms. The van der Waals surface area contributed by atoms with Gasteiger partial charge in [0, 0.05) is 11.1 Å². The number of primary amides is 1. The van der Waals surface area contributed by atoms with Gasteiger partial charge in [0.15, 0.2) is 0 Å². The molecule has 0 saturated heterocycles. The monoisotopic (exact) mass is 390 g/mol. The van der Waals surface area contributed by atoms with E-state index in [-0.39, 0.29) is 0 Å². The molecule has 1 aromatic heterocycles. The SMILES string of the molecule is COc1ccc(C(N)=O)c(-c2ccc(-c3nc4ccc(OC)cc4s3)cc2)c1. The molecule has 4 rings (SSSR count). The van der Waals surface area contributed by atoms with Crippen LogP contribution in [0.4, 0.5) is 0 Å². The number of carbonyl (C=O) groups is 1. The number of fused-ring (bicyclic) bond motifs is 1. The van der Waals surface area contributed by atoms with Crippen LogP contribution in [0.3, 0.4) is 0 Å². The summed E-state index contributed by atoms with van der Waals surface area (Å²) in [6, 6.07) is 19.0. The van der Waals surface area contributed by atoms with E-state index in [1.54, 1.807) is 37.7 Å². The summed E-state index contributed by atoms with van der Waals surface area (Å²) in [4.78, 5) is 16.5. The topological polar surface area (TPSA) is 74.4 Å². The Morgan fingerprint density at radius 1 is 0.893 bits per heavy atom. The summed E-state index contributed by atoms with van der Waals surface area (Å²) in [6.07, 6.45) is 0. The molecule has 0 radical (unpaired) electrons. The molecule has 1 amide bonds. The second-order valence-electron chi connectivity index (χ2n) is 6.21. The number of amides is 1. The molecule has 0 aliphatic carbocycles. The van der Waals surface area contributed by atoms with Crippen molar-refractivity contribution in [3.63, 3.8) is 0 Å².